The van der Waals surface area contributed by atoms with Crippen molar-refractivity contribution in [2.45, 2.75) is 19.5 Å². The van der Waals surface area contributed by atoms with Gasteiger partial charge in [-0.05, 0) is 30.7 Å². The number of hydrogen-bond acceptors (Lipinski definition) is 3. The lowest BCUT2D eigenvalue weighted by molar-refractivity contribution is 0.413. The summed E-state index contributed by atoms with van der Waals surface area (Å²) in [4.78, 5) is 0. The van der Waals surface area contributed by atoms with E-state index in [9.17, 15) is 0 Å². The number of rotatable bonds is 5. The van der Waals surface area contributed by atoms with Crippen molar-refractivity contribution in [3.63, 3.8) is 0 Å². The van der Waals surface area contributed by atoms with Gasteiger partial charge in [0.1, 0.15) is 11.3 Å². The maximum absolute atomic E-state index is 5.56. The molecule has 21 heavy (non-hydrogen) atoms. The van der Waals surface area contributed by atoms with Crippen LogP contribution in [0.3, 0.4) is 0 Å². The first-order valence-electron chi connectivity index (χ1n) is 7.10. The average molecular weight is 281 g/mol. The summed E-state index contributed by atoms with van der Waals surface area (Å²) in [6.07, 6.45) is 1.83. The summed E-state index contributed by atoms with van der Waals surface area (Å²) in [5.74, 6) is 0.884. The van der Waals surface area contributed by atoms with Crippen LogP contribution in [0.2, 0.25) is 0 Å². The normalized spacial score (nSPS) is 12.5. The molecule has 3 heteroatoms. The highest BCUT2D eigenvalue weighted by Gasteiger charge is 2.09. The van der Waals surface area contributed by atoms with Crippen LogP contribution < -0.4 is 10.1 Å². The van der Waals surface area contributed by atoms with Gasteiger partial charge in [0, 0.05) is 23.5 Å². The Morgan fingerprint density at radius 1 is 1.14 bits per heavy atom. The van der Waals surface area contributed by atoms with Crippen LogP contribution in [-0.2, 0) is 6.54 Å². The molecule has 3 aromatic rings. The molecule has 1 N–H and O–H groups in total. The smallest absolute Gasteiger partial charge is 0.134 e. The van der Waals surface area contributed by atoms with Gasteiger partial charge in [0.05, 0.1) is 13.4 Å². The van der Waals surface area contributed by atoms with Crippen LogP contribution in [0.1, 0.15) is 24.1 Å². The molecule has 0 spiro atoms. The molecular formula is C18H19NO2. The maximum Gasteiger partial charge on any atom is 0.134 e. The van der Waals surface area contributed by atoms with E-state index in [-0.39, 0.29) is 6.04 Å². The number of hydrogen-bond donors (Lipinski definition) is 1. The summed E-state index contributed by atoms with van der Waals surface area (Å²) < 4.78 is 10.8. The van der Waals surface area contributed by atoms with Crippen molar-refractivity contribution < 1.29 is 9.15 Å². The molecule has 1 heterocycles. The summed E-state index contributed by atoms with van der Waals surface area (Å²) in [6.45, 7) is 2.92. The second-order valence-electron chi connectivity index (χ2n) is 5.14. The first-order valence-corrected chi connectivity index (χ1v) is 7.10. The molecule has 0 aliphatic carbocycles. The fourth-order valence-electron chi connectivity index (χ4n) is 2.46. The standard InChI is InChI=1S/C18H19NO2/c1-13(14-6-5-7-16(10-14)20-2)19-11-15-12-21-18-9-4-3-8-17(15)18/h3-10,12-13,19H,11H2,1-2H3/t13-/m1/s1. The van der Waals surface area contributed by atoms with Crippen molar-refractivity contribution in [3.05, 3.63) is 65.9 Å². The summed E-state index contributed by atoms with van der Waals surface area (Å²) in [6, 6.07) is 16.5. The molecule has 3 rings (SSSR count). The Hall–Kier alpha value is -2.26. The van der Waals surface area contributed by atoms with E-state index in [0.717, 1.165) is 17.9 Å². The van der Waals surface area contributed by atoms with Gasteiger partial charge in [0.2, 0.25) is 0 Å². The van der Waals surface area contributed by atoms with Crippen molar-refractivity contribution in [1.29, 1.82) is 0 Å². The number of methoxy groups -OCH3 is 1. The first kappa shape index (κ1) is 13.7. The van der Waals surface area contributed by atoms with Crippen LogP contribution in [-0.4, -0.2) is 7.11 Å². The Balaban J connectivity index is 1.72. The maximum atomic E-state index is 5.56. The van der Waals surface area contributed by atoms with E-state index >= 15 is 0 Å². The minimum absolute atomic E-state index is 0.244. The Morgan fingerprint density at radius 3 is 2.86 bits per heavy atom. The van der Waals surface area contributed by atoms with E-state index in [4.69, 9.17) is 9.15 Å². The number of fused-ring (bicyclic) bond motifs is 1. The number of benzene rings is 2. The fourth-order valence-corrected chi connectivity index (χ4v) is 2.46. The summed E-state index contributed by atoms with van der Waals surface area (Å²) in [5.41, 5.74) is 3.32. The second-order valence-corrected chi connectivity index (χ2v) is 5.14. The van der Waals surface area contributed by atoms with Crippen LogP contribution >= 0.6 is 0 Å². The highest BCUT2D eigenvalue weighted by Crippen LogP contribution is 2.23. The van der Waals surface area contributed by atoms with Gasteiger partial charge in [-0.25, -0.2) is 0 Å². The van der Waals surface area contributed by atoms with Gasteiger partial charge in [-0.3, -0.25) is 0 Å². The summed E-state index contributed by atoms with van der Waals surface area (Å²) in [7, 11) is 1.69. The molecule has 0 bridgehead atoms. The zero-order valence-corrected chi connectivity index (χ0v) is 12.3. The Labute approximate surface area is 124 Å². The minimum atomic E-state index is 0.244. The molecule has 0 saturated carbocycles. The van der Waals surface area contributed by atoms with Crippen LogP contribution in [0.25, 0.3) is 11.0 Å². The Morgan fingerprint density at radius 2 is 2.00 bits per heavy atom. The molecular weight excluding hydrogens is 262 g/mol. The van der Waals surface area contributed by atoms with Gasteiger partial charge in [0.15, 0.2) is 0 Å². The lowest BCUT2D eigenvalue weighted by Gasteiger charge is -2.14. The van der Waals surface area contributed by atoms with E-state index in [0.29, 0.717) is 0 Å². The van der Waals surface area contributed by atoms with E-state index in [1.54, 1.807) is 7.11 Å². The molecule has 1 atom stereocenters. The molecule has 3 nitrogen and oxygen atoms in total. The minimum Gasteiger partial charge on any atom is -0.497 e. The second kappa shape index (κ2) is 6.02. The van der Waals surface area contributed by atoms with Gasteiger partial charge in [-0.15, -0.1) is 0 Å². The molecule has 0 radical (unpaired) electrons. The van der Waals surface area contributed by atoms with Gasteiger partial charge >= 0.3 is 0 Å². The van der Waals surface area contributed by atoms with Gasteiger partial charge in [-0.2, -0.15) is 0 Å². The van der Waals surface area contributed by atoms with Gasteiger partial charge in [0.25, 0.3) is 0 Å². The fraction of sp³-hybridized carbons (Fsp3) is 0.222. The molecule has 1 aromatic heterocycles. The van der Waals surface area contributed by atoms with E-state index in [1.165, 1.54) is 16.5 Å². The Kier molecular flexibility index (Phi) is 3.93. The highest BCUT2D eigenvalue weighted by molar-refractivity contribution is 5.80. The zero-order valence-electron chi connectivity index (χ0n) is 12.3. The third kappa shape index (κ3) is 2.93. The van der Waals surface area contributed by atoms with E-state index < -0.39 is 0 Å². The largest absolute Gasteiger partial charge is 0.497 e. The molecule has 0 unspecified atom stereocenters. The average Bonchev–Trinajstić information content (AvgIpc) is 2.96. The first-order chi connectivity index (χ1) is 10.3. The molecule has 0 saturated heterocycles. The molecule has 108 valence electrons. The summed E-state index contributed by atoms with van der Waals surface area (Å²) >= 11 is 0. The van der Waals surface area contributed by atoms with Gasteiger partial charge in [-0.1, -0.05) is 30.3 Å². The van der Waals surface area contributed by atoms with E-state index in [1.807, 2.05) is 36.6 Å². The predicted molar refractivity (Wildman–Crippen MR) is 84.5 cm³/mol. The van der Waals surface area contributed by atoms with Crippen molar-refractivity contribution in [3.8, 4) is 5.75 Å². The lowest BCUT2D eigenvalue weighted by Crippen LogP contribution is -2.17. The van der Waals surface area contributed by atoms with Crippen LogP contribution in [0.5, 0.6) is 5.75 Å². The van der Waals surface area contributed by atoms with E-state index in [2.05, 4.69) is 30.4 Å². The summed E-state index contributed by atoms with van der Waals surface area (Å²) in [5, 5.41) is 4.70. The van der Waals surface area contributed by atoms with Crippen LogP contribution in [0.4, 0.5) is 0 Å². The third-order valence-corrected chi connectivity index (χ3v) is 3.75. The molecule has 0 aliphatic heterocycles. The van der Waals surface area contributed by atoms with Crippen LogP contribution in [0.15, 0.2) is 59.2 Å². The number of nitrogens with one attached hydrogen (secondary N) is 1. The van der Waals surface area contributed by atoms with Gasteiger partial charge < -0.3 is 14.5 Å². The van der Waals surface area contributed by atoms with Crippen molar-refractivity contribution in [2.24, 2.45) is 0 Å². The number of para-hydroxylation sites is 1. The van der Waals surface area contributed by atoms with Crippen molar-refractivity contribution in [2.75, 3.05) is 7.11 Å². The lowest BCUT2D eigenvalue weighted by atomic mass is 10.1. The molecule has 0 aliphatic rings. The quantitative estimate of drug-likeness (QED) is 0.757. The van der Waals surface area contributed by atoms with Crippen molar-refractivity contribution >= 4 is 11.0 Å². The molecule has 0 amide bonds. The van der Waals surface area contributed by atoms with Crippen molar-refractivity contribution in [1.82, 2.24) is 5.32 Å². The van der Waals surface area contributed by atoms with Crippen LogP contribution in [0, 0.1) is 0 Å². The monoisotopic (exact) mass is 281 g/mol. The third-order valence-electron chi connectivity index (χ3n) is 3.75. The zero-order chi connectivity index (χ0) is 14.7. The topological polar surface area (TPSA) is 34.4 Å². The highest BCUT2D eigenvalue weighted by atomic mass is 16.5. The SMILES string of the molecule is COc1cccc([C@@H](C)NCc2coc3ccccc23)c1. The molecule has 2 aromatic carbocycles. The molecule has 0 fully saturated rings. The number of ether oxygens (including phenoxy) is 1. The predicted octanol–water partition coefficient (Wildman–Crippen LogP) is 4.29. The Bertz CT molecular complexity index is 733. The number of furan rings is 1.